The predicted octanol–water partition coefficient (Wildman–Crippen LogP) is 2.73. The third kappa shape index (κ3) is 3.83. The summed E-state index contributed by atoms with van der Waals surface area (Å²) in [5.41, 5.74) is 2.21. The lowest BCUT2D eigenvalue weighted by Gasteiger charge is -2.18. The van der Waals surface area contributed by atoms with Gasteiger partial charge >= 0.3 is 0 Å². The van der Waals surface area contributed by atoms with Gasteiger partial charge in [0.1, 0.15) is 11.5 Å². The molecular weight excluding hydrogens is 238 g/mol. The van der Waals surface area contributed by atoms with Crippen molar-refractivity contribution in [1.29, 1.82) is 0 Å². The van der Waals surface area contributed by atoms with Gasteiger partial charge in [-0.05, 0) is 37.7 Å². The molecule has 2 aromatic rings. The molecule has 0 fully saturated rings. The molecule has 4 nitrogen and oxygen atoms in total. The Kier molecular flexibility index (Phi) is 4.58. The van der Waals surface area contributed by atoms with Crippen molar-refractivity contribution in [2.75, 3.05) is 18.5 Å². The van der Waals surface area contributed by atoms with Crippen molar-refractivity contribution >= 4 is 5.69 Å². The van der Waals surface area contributed by atoms with Crippen molar-refractivity contribution < 1.29 is 4.42 Å². The summed E-state index contributed by atoms with van der Waals surface area (Å²) in [5, 5.41) is 3.28. The zero-order valence-electron chi connectivity index (χ0n) is 11.8. The third-order valence-electron chi connectivity index (χ3n) is 2.99. The van der Waals surface area contributed by atoms with Crippen molar-refractivity contribution in [2.24, 2.45) is 0 Å². The quantitative estimate of drug-likeness (QED) is 0.866. The zero-order valence-corrected chi connectivity index (χ0v) is 11.8. The van der Waals surface area contributed by atoms with E-state index in [1.807, 2.05) is 31.3 Å². The highest BCUT2D eigenvalue weighted by Gasteiger charge is 2.06. The molecule has 0 spiro atoms. The van der Waals surface area contributed by atoms with Crippen LogP contribution in [-0.2, 0) is 13.1 Å². The van der Waals surface area contributed by atoms with Gasteiger partial charge in [-0.25, -0.2) is 0 Å². The maximum Gasteiger partial charge on any atom is 0.123 e. The van der Waals surface area contributed by atoms with Gasteiger partial charge in [0, 0.05) is 25.5 Å². The summed E-state index contributed by atoms with van der Waals surface area (Å²) in [6, 6.07) is 8.14. The molecule has 0 aromatic carbocycles. The van der Waals surface area contributed by atoms with Crippen LogP contribution in [0.3, 0.4) is 0 Å². The van der Waals surface area contributed by atoms with Gasteiger partial charge in [-0.15, -0.1) is 0 Å². The highest BCUT2D eigenvalue weighted by Crippen LogP contribution is 2.17. The number of hydrogen-bond donors (Lipinski definition) is 1. The lowest BCUT2D eigenvalue weighted by atomic mass is 10.3. The van der Waals surface area contributed by atoms with Crippen LogP contribution in [0.5, 0.6) is 0 Å². The fourth-order valence-corrected chi connectivity index (χ4v) is 1.95. The molecule has 0 atom stereocenters. The second-order valence-electron chi connectivity index (χ2n) is 4.65. The summed E-state index contributed by atoms with van der Waals surface area (Å²) in [7, 11) is 2.06. The van der Waals surface area contributed by atoms with E-state index >= 15 is 0 Å². The summed E-state index contributed by atoms with van der Waals surface area (Å²) in [6.07, 6.45) is 1.85. The summed E-state index contributed by atoms with van der Waals surface area (Å²) >= 11 is 0. The average molecular weight is 259 g/mol. The molecule has 0 aliphatic rings. The van der Waals surface area contributed by atoms with Crippen molar-refractivity contribution in [3.63, 3.8) is 0 Å². The second kappa shape index (κ2) is 6.38. The molecule has 2 aromatic heterocycles. The van der Waals surface area contributed by atoms with Gasteiger partial charge in [0.25, 0.3) is 0 Å². The van der Waals surface area contributed by atoms with Crippen LogP contribution >= 0.6 is 0 Å². The highest BCUT2D eigenvalue weighted by atomic mass is 16.3. The van der Waals surface area contributed by atoms with Crippen molar-refractivity contribution in [3.05, 3.63) is 47.7 Å². The van der Waals surface area contributed by atoms with E-state index in [0.717, 1.165) is 42.5 Å². The lowest BCUT2D eigenvalue weighted by molar-refractivity contribution is 0.482. The van der Waals surface area contributed by atoms with E-state index < -0.39 is 0 Å². The van der Waals surface area contributed by atoms with E-state index in [-0.39, 0.29) is 0 Å². The van der Waals surface area contributed by atoms with Crippen molar-refractivity contribution in [1.82, 2.24) is 10.3 Å². The molecule has 0 radical (unpaired) electrons. The van der Waals surface area contributed by atoms with Gasteiger partial charge < -0.3 is 14.6 Å². The summed E-state index contributed by atoms with van der Waals surface area (Å²) in [6.45, 7) is 6.57. The molecule has 1 N–H and O–H groups in total. The molecule has 19 heavy (non-hydrogen) atoms. The first kappa shape index (κ1) is 13.6. The maximum absolute atomic E-state index is 5.60. The maximum atomic E-state index is 5.60. The molecular formula is C15H21N3O. The Morgan fingerprint density at radius 3 is 2.84 bits per heavy atom. The van der Waals surface area contributed by atoms with Crippen LogP contribution in [0.15, 0.2) is 34.9 Å². The SMILES string of the molecule is CCNCc1cc(N(C)Cc2ccc(C)o2)ccn1. The summed E-state index contributed by atoms with van der Waals surface area (Å²) < 4.78 is 5.60. The molecule has 102 valence electrons. The van der Waals surface area contributed by atoms with Crippen LogP contribution in [0.4, 0.5) is 5.69 Å². The number of aryl methyl sites for hydroxylation is 1. The van der Waals surface area contributed by atoms with E-state index in [0.29, 0.717) is 0 Å². The Hall–Kier alpha value is -1.81. The number of nitrogens with one attached hydrogen (secondary N) is 1. The minimum absolute atomic E-state index is 0.762. The van der Waals surface area contributed by atoms with Gasteiger partial charge in [-0.3, -0.25) is 4.98 Å². The van der Waals surface area contributed by atoms with Crippen LogP contribution in [0.1, 0.15) is 24.1 Å². The fraction of sp³-hybridized carbons (Fsp3) is 0.400. The monoisotopic (exact) mass is 259 g/mol. The number of anilines is 1. The lowest BCUT2D eigenvalue weighted by Crippen LogP contribution is -2.17. The smallest absolute Gasteiger partial charge is 0.123 e. The largest absolute Gasteiger partial charge is 0.464 e. The van der Waals surface area contributed by atoms with Gasteiger partial charge in [-0.2, -0.15) is 0 Å². The Morgan fingerprint density at radius 1 is 1.32 bits per heavy atom. The van der Waals surface area contributed by atoms with Crippen LogP contribution < -0.4 is 10.2 Å². The first-order chi connectivity index (χ1) is 9.19. The predicted molar refractivity (Wildman–Crippen MR) is 77.2 cm³/mol. The minimum Gasteiger partial charge on any atom is -0.464 e. The van der Waals surface area contributed by atoms with E-state index in [1.165, 1.54) is 0 Å². The molecule has 0 aliphatic heterocycles. The van der Waals surface area contributed by atoms with Crippen LogP contribution in [0, 0.1) is 6.92 Å². The third-order valence-corrected chi connectivity index (χ3v) is 2.99. The molecule has 2 rings (SSSR count). The van der Waals surface area contributed by atoms with E-state index in [4.69, 9.17) is 4.42 Å². The van der Waals surface area contributed by atoms with E-state index in [2.05, 4.69) is 35.2 Å². The number of hydrogen-bond acceptors (Lipinski definition) is 4. The van der Waals surface area contributed by atoms with Gasteiger partial charge in [0.15, 0.2) is 0 Å². The van der Waals surface area contributed by atoms with Gasteiger partial charge in [0.2, 0.25) is 0 Å². The highest BCUT2D eigenvalue weighted by molar-refractivity contribution is 5.45. The number of pyridine rings is 1. The molecule has 2 heterocycles. The Labute approximate surface area is 114 Å². The second-order valence-corrected chi connectivity index (χ2v) is 4.65. The van der Waals surface area contributed by atoms with Gasteiger partial charge in [-0.1, -0.05) is 6.92 Å². The zero-order chi connectivity index (χ0) is 13.7. The minimum atomic E-state index is 0.762. The van der Waals surface area contributed by atoms with E-state index in [9.17, 15) is 0 Å². The Bertz CT molecular complexity index is 522. The standard InChI is InChI=1S/C15H21N3O/c1-4-16-10-13-9-14(7-8-17-13)18(3)11-15-6-5-12(2)19-15/h5-9,16H,4,10-11H2,1-3H3. The van der Waals surface area contributed by atoms with Crippen molar-refractivity contribution in [2.45, 2.75) is 26.9 Å². The molecule has 0 amide bonds. The summed E-state index contributed by atoms with van der Waals surface area (Å²) in [4.78, 5) is 6.52. The Balaban J connectivity index is 2.03. The molecule has 0 bridgehead atoms. The van der Waals surface area contributed by atoms with E-state index in [1.54, 1.807) is 0 Å². The summed E-state index contributed by atoms with van der Waals surface area (Å²) in [5.74, 6) is 1.93. The normalized spacial score (nSPS) is 10.7. The Morgan fingerprint density at radius 2 is 2.16 bits per heavy atom. The van der Waals surface area contributed by atoms with Crippen molar-refractivity contribution in [3.8, 4) is 0 Å². The number of furan rings is 1. The van der Waals surface area contributed by atoms with Crippen LogP contribution in [0.2, 0.25) is 0 Å². The average Bonchev–Trinajstić information content (AvgIpc) is 2.82. The molecule has 0 aliphatic carbocycles. The van der Waals surface area contributed by atoms with Crippen LogP contribution in [-0.4, -0.2) is 18.6 Å². The fourth-order valence-electron chi connectivity index (χ4n) is 1.95. The number of aromatic nitrogens is 1. The number of rotatable bonds is 6. The van der Waals surface area contributed by atoms with Gasteiger partial charge in [0.05, 0.1) is 12.2 Å². The number of nitrogens with zero attached hydrogens (tertiary/aromatic N) is 2. The first-order valence-electron chi connectivity index (χ1n) is 6.61. The first-order valence-corrected chi connectivity index (χ1v) is 6.61. The van der Waals surface area contributed by atoms with Crippen LogP contribution in [0.25, 0.3) is 0 Å². The molecule has 4 heteroatoms. The topological polar surface area (TPSA) is 41.3 Å². The molecule has 0 saturated heterocycles. The molecule has 0 saturated carbocycles. The molecule has 0 unspecified atom stereocenters.